The molecule has 0 aliphatic heterocycles. The maximum atomic E-state index is 12.8. The molecule has 0 heterocycles. The minimum atomic E-state index is -0.248. The summed E-state index contributed by atoms with van der Waals surface area (Å²) < 4.78 is 12.8. The lowest BCUT2D eigenvalue weighted by Crippen LogP contribution is -2.36. The lowest BCUT2D eigenvalue weighted by molar-refractivity contribution is 0.240. The first-order chi connectivity index (χ1) is 10.1. The minimum absolute atomic E-state index is 0.194. The van der Waals surface area contributed by atoms with Crippen molar-refractivity contribution in [3.05, 3.63) is 71.0 Å². The Morgan fingerprint density at radius 2 is 1.76 bits per heavy atom. The summed E-state index contributed by atoms with van der Waals surface area (Å²) in [4.78, 5) is 11.7. The average Bonchev–Trinajstić information content (AvgIpc) is 2.48. The number of benzene rings is 2. The molecule has 0 saturated heterocycles. The number of nitrogens with one attached hydrogen (secondary N) is 2. The van der Waals surface area contributed by atoms with Crippen molar-refractivity contribution in [1.82, 2.24) is 10.6 Å². The minimum Gasteiger partial charge on any atom is -0.338 e. The van der Waals surface area contributed by atoms with Gasteiger partial charge in [0.2, 0.25) is 0 Å². The van der Waals surface area contributed by atoms with E-state index in [9.17, 15) is 9.18 Å². The van der Waals surface area contributed by atoms with Crippen molar-refractivity contribution >= 4 is 6.03 Å². The van der Waals surface area contributed by atoms with Crippen molar-refractivity contribution in [2.75, 3.05) is 6.54 Å². The molecule has 4 heteroatoms. The van der Waals surface area contributed by atoms with E-state index in [0.717, 1.165) is 16.7 Å². The predicted molar refractivity (Wildman–Crippen MR) is 81.5 cm³/mol. The quantitative estimate of drug-likeness (QED) is 0.871. The molecule has 21 heavy (non-hydrogen) atoms. The van der Waals surface area contributed by atoms with Crippen LogP contribution in [-0.2, 0) is 13.0 Å². The molecule has 0 radical (unpaired) electrons. The molecule has 2 aromatic carbocycles. The summed E-state index contributed by atoms with van der Waals surface area (Å²) in [6, 6.07) is 14.0. The van der Waals surface area contributed by atoms with E-state index in [2.05, 4.69) is 10.6 Å². The fourth-order valence-corrected chi connectivity index (χ4v) is 2.02. The van der Waals surface area contributed by atoms with E-state index < -0.39 is 0 Å². The predicted octanol–water partition coefficient (Wildman–Crippen LogP) is 3.18. The van der Waals surface area contributed by atoms with Crippen molar-refractivity contribution in [3.63, 3.8) is 0 Å². The Hall–Kier alpha value is -2.36. The van der Waals surface area contributed by atoms with Gasteiger partial charge in [-0.25, -0.2) is 9.18 Å². The number of hydrogen-bond donors (Lipinski definition) is 2. The third kappa shape index (κ3) is 4.91. The molecule has 2 amide bonds. The van der Waals surface area contributed by atoms with Crippen LogP contribution in [-0.4, -0.2) is 12.6 Å². The second-order valence-corrected chi connectivity index (χ2v) is 4.91. The van der Waals surface area contributed by atoms with Crippen LogP contribution in [0.25, 0.3) is 0 Å². The zero-order valence-corrected chi connectivity index (χ0v) is 12.0. The molecule has 2 aromatic rings. The van der Waals surface area contributed by atoms with E-state index in [1.54, 1.807) is 12.1 Å². The molecular formula is C17H19FN2O. The van der Waals surface area contributed by atoms with Gasteiger partial charge in [-0.15, -0.1) is 0 Å². The van der Waals surface area contributed by atoms with Crippen LogP contribution >= 0.6 is 0 Å². The van der Waals surface area contributed by atoms with Crippen molar-refractivity contribution in [1.29, 1.82) is 0 Å². The van der Waals surface area contributed by atoms with Crippen LogP contribution in [0.2, 0.25) is 0 Å². The largest absolute Gasteiger partial charge is 0.338 e. The lowest BCUT2D eigenvalue weighted by Gasteiger charge is -2.09. The molecular weight excluding hydrogens is 267 g/mol. The number of hydrogen-bond acceptors (Lipinski definition) is 1. The Bertz CT molecular complexity index is 596. The summed E-state index contributed by atoms with van der Waals surface area (Å²) in [6.45, 7) is 3.05. The molecule has 0 aliphatic carbocycles. The van der Waals surface area contributed by atoms with Gasteiger partial charge in [0, 0.05) is 13.1 Å². The number of carbonyl (C=O) groups excluding carboxylic acids is 1. The Balaban J connectivity index is 1.70. The highest BCUT2D eigenvalue weighted by Crippen LogP contribution is 2.06. The van der Waals surface area contributed by atoms with Gasteiger partial charge >= 0.3 is 6.03 Å². The lowest BCUT2D eigenvalue weighted by atomic mass is 10.1. The molecule has 2 N–H and O–H groups in total. The maximum Gasteiger partial charge on any atom is 0.315 e. The summed E-state index contributed by atoms with van der Waals surface area (Å²) >= 11 is 0. The fraction of sp³-hybridized carbons (Fsp3) is 0.235. The Labute approximate surface area is 124 Å². The van der Waals surface area contributed by atoms with E-state index in [1.807, 2.05) is 31.2 Å². The smallest absolute Gasteiger partial charge is 0.315 e. The van der Waals surface area contributed by atoms with Gasteiger partial charge in [0.15, 0.2) is 0 Å². The van der Waals surface area contributed by atoms with Crippen LogP contribution < -0.4 is 10.6 Å². The van der Waals surface area contributed by atoms with Gasteiger partial charge in [-0.3, -0.25) is 0 Å². The van der Waals surface area contributed by atoms with Crippen LogP contribution in [0.3, 0.4) is 0 Å². The van der Waals surface area contributed by atoms with Gasteiger partial charge in [-0.1, -0.05) is 36.4 Å². The second kappa shape index (κ2) is 7.43. The van der Waals surface area contributed by atoms with E-state index in [1.165, 1.54) is 12.1 Å². The second-order valence-electron chi connectivity index (χ2n) is 4.91. The third-order valence-electron chi connectivity index (χ3n) is 3.31. The average molecular weight is 286 g/mol. The summed E-state index contributed by atoms with van der Waals surface area (Å²) in [5, 5.41) is 5.62. The summed E-state index contributed by atoms with van der Waals surface area (Å²) in [5.74, 6) is -0.248. The van der Waals surface area contributed by atoms with Gasteiger partial charge in [-0.2, -0.15) is 0 Å². The Kier molecular flexibility index (Phi) is 5.32. The highest BCUT2D eigenvalue weighted by atomic mass is 19.1. The van der Waals surface area contributed by atoms with Crippen LogP contribution in [0.4, 0.5) is 9.18 Å². The molecule has 0 aromatic heterocycles. The number of halogens is 1. The standard InChI is InChI=1S/C17H19FN2O/c1-13-4-2-3-5-15(13)12-20-17(21)19-11-10-14-6-8-16(18)9-7-14/h2-9H,10-12H2,1H3,(H2,19,20,21). The molecule has 0 atom stereocenters. The number of urea groups is 1. The molecule has 2 rings (SSSR count). The van der Waals surface area contributed by atoms with Crippen LogP contribution in [0, 0.1) is 12.7 Å². The first-order valence-corrected chi connectivity index (χ1v) is 6.96. The van der Waals surface area contributed by atoms with Crippen LogP contribution in [0.15, 0.2) is 48.5 Å². The number of amides is 2. The Morgan fingerprint density at radius 1 is 1.05 bits per heavy atom. The molecule has 0 spiro atoms. The van der Waals surface area contributed by atoms with Gasteiger partial charge in [0.05, 0.1) is 0 Å². The van der Waals surface area contributed by atoms with E-state index >= 15 is 0 Å². The molecule has 0 aliphatic rings. The van der Waals surface area contributed by atoms with Gasteiger partial charge in [0.25, 0.3) is 0 Å². The molecule has 110 valence electrons. The van der Waals surface area contributed by atoms with Crippen LogP contribution in [0.1, 0.15) is 16.7 Å². The molecule has 0 fully saturated rings. The number of carbonyl (C=O) groups is 1. The monoisotopic (exact) mass is 286 g/mol. The van der Waals surface area contributed by atoms with Gasteiger partial charge < -0.3 is 10.6 Å². The van der Waals surface area contributed by atoms with E-state index in [4.69, 9.17) is 0 Å². The van der Waals surface area contributed by atoms with E-state index in [0.29, 0.717) is 19.5 Å². The topological polar surface area (TPSA) is 41.1 Å². The van der Waals surface area contributed by atoms with Gasteiger partial charge in [-0.05, 0) is 42.2 Å². The number of aryl methyl sites for hydroxylation is 1. The molecule has 0 bridgehead atoms. The van der Waals surface area contributed by atoms with Crippen molar-refractivity contribution in [3.8, 4) is 0 Å². The first kappa shape index (κ1) is 15.0. The molecule has 0 unspecified atom stereocenters. The molecule has 3 nitrogen and oxygen atoms in total. The highest BCUT2D eigenvalue weighted by molar-refractivity contribution is 5.73. The van der Waals surface area contributed by atoms with Gasteiger partial charge in [0.1, 0.15) is 5.82 Å². The summed E-state index contributed by atoms with van der Waals surface area (Å²) in [7, 11) is 0. The summed E-state index contributed by atoms with van der Waals surface area (Å²) in [6.07, 6.45) is 0.679. The van der Waals surface area contributed by atoms with Crippen molar-refractivity contribution < 1.29 is 9.18 Å². The van der Waals surface area contributed by atoms with Crippen molar-refractivity contribution in [2.45, 2.75) is 19.9 Å². The first-order valence-electron chi connectivity index (χ1n) is 6.96. The van der Waals surface area contributed by atoms with E-state index in [-0.39, 0.29) is 11.8 Å². The normalized spacial score (nSPS) is 10.2. The third-order valence-corrected chi connectivity index (χ3v) is 3.31. The summed E-state index contributed by atoms with van der Waals surface area (Å²) in [5.41, 5.74) is 3.26. The zero-order valence-electron chi connectivity index (χ0n) is 12.0. The zero-order chi connectivity index (χ0) is 15.1. The Morgan fingerprint density at radius 3 is 2.48 bits per heavy atom. The van der Waals surface area contributed by atoms with Crippen LogP contribution in [0.5, 0.6) is 0 Å². The van der Waals surface area contributed by atoms with Crippen molar-refractivity contribution in [2.24, 2.45) is 0 Å². The maximum absolute atomic E-state index is 12.8. The number of rotatable bonds is 5. The fourth-order valence-electron chi connectivity index (χ4n) is 2.02. The highest BCUT2D eigenvalue weighted by Gasteiger charge is 2.02. The molecule has 0 saturated carbocycles. The SMILES string of the molecule is Cc1ccccc1CNC(=O)NCCc1ccc(F)cc1.